The summed E-state index contributed by atoms with van der Waals surface area (Å²) in [5.41, 5.74) is 10.7. The number of fused-ring (bicyclic) bond motifs is 8. The number of hydrogen-bond donors (Lipinski definition) is 0. The molecule has 0 saturated carbocycles. The molecule has 0 bridgehead atoms. The molecule has 0 fully saturated rings. The normalized spacial score (nSPS) is 14.1. The van der Waals surface area contributed by atoms with Crippen LogP contribution >= 0.6 is 0 Å². The van der Waals surface area contributed by atoms with Gasteiger partial charge < -0.3 is 4.81 Å². The Morgan fingerprint density at radius 3 is 2.54 bits per heavy atom. The fraction of sp³-hybridized carbons (Fsp3) is 0.227. The lowest BCUT2D eigenvalue weighted by Crippen LogP contribution is -2.59. The van der Waals surface area contributed by atoms with Gasteiger partial charge in [0.15, 0.2) is 0 Å². The third-order valence-corrected chi connectivity index (χ3v) is 6.01. The van der Waals surface area contributed by atoms with Crippen molar-refractivity contribution in [3.63, 3.8) is 0 Å². The van der Waals surface area contributed by atoms with E-state index in [2.05, 4.69) is 97.7 Å². The van der Waals surface area contributed by atoms with Gasteiger partial charge in [0.25, 0.3) is 5.82 Å². The molecular weight excluding hydrogens is 317 g/mol. The SMILES string of the molecule is Cc1cc2c([n+](C)c1)N1B(c3ccccc3-2)N(C)c2ccc(C)c(C)c21. The maximum Gasteiger partial charge on any atom is 0.538 e. The summed E-state index contributed by atoms with van der Waals surface area (Å²) in [6.07, 6.45) is 2.23. The summed E-state index contributed by atoms with van der Waals surface area (Å²) in [6, 6.07) is 15.7. The van der Waals surface area contributed by atoms with Gasteiger partial charge in [-0.05, 0) is 62.2 Å². The van der Waals surface area contributed by atoms with Gasteiger partial charge >= 0.3 is 6.98 Å². The molecule has 0 radical (unpaired) electrons. The van der Waals surface area contributed by atoms with E-state index in [0.29, 0.717) is 0 Å². The fourth-order valence-electron chi connectivity index (χ4n) is 4.72. The highest BCUT2D eigenvalue weighted by Gasteiger charge is 2.54. The second-order valence-electron chi connectivity index (χ2n) is 7.68. The van der Waals surface area contributed by atoms with Gasteiger partial charge in [0.1, 0.15) is 5.69 Å². The lowest BCUT2D eigenvalue weighted by molar-refractivity contribution is -0.657. The van der Waals surface area contributed by atoms with Crippen LogP contribution in [0.25, 0.3) is 11.1 Å². The van der Waals surface area contributed by atoms with Crippen molar-refractivity contribution >= 4 is 29.6 Å². The first-order valence-corrected chi connectivity index (χ1v) is 9.21. The van der Waals surface area contributed by atoms with Gasteiger partial charge in [-0.25, -0.2) is 4.57 Å². The first kappa shape index (κ1) is 15.5. The van der Waals surface area contributed by atoms with Crippen LogP contribution in [0.15, 0.2) is 48.7 Å². The monoisotopic (exact) mass is 340 g/mol. The predicted octanol–water partition coefficient (Wildman–Crippen LogP) is 3.40. The average Bonchev–Trinajstić information content (AvgIpc) is 2.91. The van der Waals surface area contributed by atoms with E-state index in [4.69, 9.17) is 0 Å². The van der Waals surface area contributed by atoms with Crippen LogP contribution in [0.5, 0.6) is 0 Å². The number of pyridine rings is 1. The topological polar surface area (TPSA) is 10.4 Å². The largest absolute Gasteiger partial charge is 0.538 e. The summed E-state index contributed by atoms with van der Waals surface area (Å²) in [7, 11) is 4.38. The Morgan fingerprint density at radius 1 is 0.962 bits per heavy atom. The van der Waals surface area contributed by atoms with Crippen molar-refractivity contribution in [3.05, 3.63) is 65.4 Å². The molecule has 0 saturated heterocycles. The number of benzene rings is 2. The van der Waals surface area contributed by atoms with E-state index in [9.17, 15) is 0 Å². The van der Waals surface area contributed by atoms with Crippen molar-refractivity contribution in [2.75, 3.05) is 16.7 Å². The van der Waals surface area contributed by atoms with Crippen molar-refractivity contribution in [2.45, 2.75) is 20.8 Å². The van der Waals surface area contributed by atoms with Crippen LogP contribution in [-0.2, 0) is 7.05 Å². The molecule has 1 aromatic heterocycles. The highest BCUT2D eigenvalue weighted by molar-refractivity contribution is 6.85. The predicted molar refractivity (Wildman–Crippen MR) is 110 cm³/mol. The number of rotatable bonds is 0. The van der Waals surface area contributed by atoms with Gasteiger partial charge in [0.05, 0.1) is 24.5 Å². The van der Waals surface area contributed by atoms with E-state index in [1.54, 1.807) is 0 Å². The van der Waals surface area contributed by atoms with Gasteiger partial charge in [-0.15, -0.1) is 0 Å². The molecule has 4 heteroatoms. The standard InChI is InChI=1S/C22H23BN3/c1-14-12-18-17-8-6-7-9-19(17)23-25(5)20-11-10-15(2)16(3)21(20)26(23)22(18)24(4)13-14/h6-13H,1-5H3/q+1. The minimum atomic E-state index is 0.197. The highest BCUT2D eigenvalue weighted by atomic mass is 15.3. The van der Waals surface area contributed by atoms with Crippen LogP contribution in [0, 0.1) is 20.8 Å². The smallest absolute Gasteiger partial charge is 0.369 e. The Bertz CT molecular complexity index is 1070. The van der Waals surface area contributed by atoms with Crippen LogP contribution in [0.1, 0.15) is 16.7 Å². The molecule has 2 aliphatic rings. The Hall–Kier alpha value is -2.75. The maximum absolute atomic E-state index is 2.54. The van der Waals surface area contributed by atoms with Crippen LogP contribution in [0.3, 0.4) is 0 Å². The molecule has 3 nitrogen and oxygen atoms in total. The summed E-state index contributed by atoms with van der Waals surface area (Å²) in [5.74, 6) is 1.28. The first-order valence-electron chi connectivity index (χ1n) is 9.21. The number of anilines is 3. The molecule has 3 heterocycles. The summed E-state index contributed by atoms with van der Waals surface area (Å²) < 4.78 is 2.29. The van der Waals surface area contributed by atoms with Crippen molar-refractivity contribution in [3.8, 4) is 11.1 Å². The molecule has 0 spiro atoms. The van der Waals surface area contributed by atoms with E-state index >= 15 is 0 Å². The molecule has 2 aromatic carbocycles. The van der Waals surface area contributed by atoms with Gasteiger partial charge in [0, 0.05) is 5.46 Å². The number of aromatic nitrogens is 1. The van der Waals surface area contributed by atoms with Crippen LogP contribution < -0.4 is 19.7 Å². The van der Waals surface area contributed by atoms with Gasteiger partial charge in [-0.2, -0.15) is 0 Å². The van der Waals surface area contributed by atoms with Crippen molar-refractivity contribution < 1.29 is 4.57 Å². The molecule has 0 aliphatic carbocycles. The molecule has 3 aromatic rings. The van der Waals surface area contributed by atoms with Crippen LogP contribution in [0.4, 0.5) is 17.2 Å². The van der Waals surface area contributed by atoms with Crippen LogP contribution in [-0.4, -0.2) is 14.0 Å². The zero-order chi connectivity index (χ0) is 18.2. The average molecular weight is 340 g/mol. The quantitative estimate of drug-likeness (QED) is 0.459. The van der Waals surface area contributed by atoms with Crippen molar-refractivity contribution in [1.82, 2.24) is 0 Å². The Balaban J connectivity index is 1.92. The van der Waals surface area contributed by atoms with E-state index < -0.39 is 0 Å². The Morgan fingerprint density at radius 2 is 1.73 bits per heavy atom. The number of nitrogens with zero attached hydrogens (tertiary/aromatic N) is 3. The highest BCUT2D eigenvalue weighted by Crippen LogP contribution is 2.48. The Labute approximate surface area is 155 Å². The van der Waals surface area contributed by atoms with Crippen molar-refractivity contribution in [2.24, 2.45) is 7.05 Å². The molecule has 5 rings (SSSR count). The molecule has 128 valence electrons. The van der Waals surface area contributed by atoms with E-state index in [-0.39, 0.29) is 6.98 Å². The fourth-order valence-corrected chi connectivity index (χ4v) is 4.72. The van der Waals surface area contributed by atoms with Crippen LogP contribution in [0.2, 0.25) is 0 Å². The second kappa shape index (κ2) is 5.13. The zero-order valence-electron chi connectivity index (χ0n) is 16.0. The third-order valence-electron chi connectivity index (χ3n) is 6.01. The van der Waals surface area contributed by atoms with Gasteiger partial charge in [-0.1, -0.05) is 30.3 Å². The van der Waals surface area contributed by atoms with Gasteiger partial charge in [-0.3, -0.25) is 4.81 Å². The number of aryl methyl sites for hydroxylation is 3. The summed E-state index contributed by atoms with van der Waals surface area (Å²) in [4.78, 5) is 4.96. The lowest BCUT2D eigenvalue weighted by Gasteiger charge is -2.29. The molecular formula is C22H23BN3+. The first-order chi connectivity index (χ1) is 12.5. The molecule has 0 unspecified atom stereocenters. The molecule has 0 N–H and O–H groups in total. The molecule has 2 aliphatic heterocycles. The maximum atomic E-state index is 2.54. The second-order valence-corrected chi connectivity index (χ2v) is 7.68. The third kappa shape index (κ3) is 1.82. The lowest BCUT2D eigenvalue weighted by atomic mass is 9.60. The van der Waals surface area contributed by atoms with Crippen molar-refractivity contribution in [1.29, 1.82) is 0 Å². The summed E-state index contributed by atoms with van der Waals surface area (Å²) in [5, 5.41) is 0. The van der Waals surface area contributed by atoms with E-state index in [0.717, 1.165) is 0 Å². The van der Waals surface area contributed by atoms with E-state index in [1.165, 1.54) is 50.5 Å². The summed E-state index contributed by atoms with van der Waals surface area (Å²) >= 11 is 0. The Kier molecular flexibility index (Phi) is 3.06. The van der Waals surface area contributed by atoms with Gasteiger partial charge in [0.2, 0.25) is 0 Å². The molecule has 0 amide bonds. The molecule has 26 heavy (non-hydrogen) atoms. The van der Waals surface area contributed by atoms with E-state index in [1.807, 2.05) is 0 Å². The molecule has 0 atom stereocenters. The minimum absolute atomic E-state index is 0.197. The minimum Gasteiger partial charge on any atom is -0.369 e. The summed E-state index contributed by atoms with van der Waals surface area (Å²) in [6.45, 7) is 6.83. The zero-order valence-corrected chi connectivity index (χ0v) is 16.0. The number of hydrogen-bond acceptors (Lipinski definition) is 2.